The van der Waals surface area contributed by atoms with Gasteiger partial charge in [-0.25, -0.2) is 0 Å². The van der Waals surface area contributed by atoms with Crippen LogP contribution in [0, 0.1) is 6.92 Å². The first kappa shape index (κ1) is 21.2. The van der Waals surface area contributed by atoms with Crippen LogP contribution >= 0.6 is 0 Å². The molecule has 0 aliphatic rings. The van der Waals surface area contributed by atoms with Crippen LogP contribution in [0.15, 0.2) is 53.1 Å². The van der Waals surface area contributed by atoms with E-state index in [-0.39, 0.29) is 5.91 Å². The number of methoxy groups -OCH3 is 2. The molecule has 0 saturated carbocycles. The zero-order chi connectivity index (χ0) is 21.5. The summed E-state index contributed by atoms with van der Waals surface area (Å²) >= 11 is 0. The van der Waals surface area contributed by atoms with E-state index < -0.39 is 0 Å². The average molecular weight is 409 g/mol. The van der Waals surface area contributed by atoms with Gasteiger partial charge in [0.1, 0.15) is 17.1 Å². The quantitative estimate of drug-likeness (QED) is 0.540. The number of rotatable bonds is 9. The Hall–Kier alpha value is -3.48. The van der Waals surface area contributed by atoms with E-state index in [1.165, 1.54) is 0 Å². The Balaban J connectivity index is 1.67. The van der Waals surface area contributed by atoms with E-state index in [9.17, 15) is 4.79 Å². The van der Waals surface area contributed by atoms with E-state index in [1.54, 1.807) is 39.3 Å². The molecule has 0 aliphatic heterocycles. The van der Waals surface area contributed by atoms with Gasteiger partial charge < -0.3 is 24.2 Å². The van der Waals surface area contributed by atoms with Crippen molar-refractivity contribution in [2.45, 2.75) is 13.3 Å². The number of nitrogens with zero attached hydrogens (tertiary/aromatic N) is 2. The van der Waals surface area contributed by atoms with E-state index in [0.717, 1.165) is 18.7 Å². The van der Waals surface area contributed by atoms with Gasteiger partial charge in [-0.1, -0.05) is 23.4 Å². The van der Waals surface area contributed by atoms with Gasteiger partial charge in [0.25, 0.3) is 5.91 Å². The standard InChI is InChI=1S/C23H27N3O4/c1-16-21(22(30-25-16)17-13-19(28-3)15-20(14-17)29-4)23(27)24-11-8-12-26(2)18-9-6-5-7-10-18/h5-7,9-10,13-15H,8,11-12H2,1-4H3,(H,24,27). The molecule has 0 atom stereocenters. The van der Waals surface area contributed by atoms with Crippen molar-refractivity contribution in [1.82, 2.24) is 10.5 Å². The first-order valence-electron chi connectivity index (χ1n) is 9.77. The summed E-state index contributed by atoms with van der Waals surface area (Å²) in [4.78, 5) is 15.0. The fraction of sp³-hybridized carbons (Fsp3) is 0.304. The van der Waals surface area contributed by atoms with Gasteiger partial charge in [-0.15, -0.1) is 0 Å². The van der Waals surface area contributed by atoms with Gasteiger partial charge in [0, 0.05) is 37.5 Å². The summed E-state index contributed by atoms with van der Waals surface area (Å²) in [5.41, 5.74) is 2.76. The van der Waals surface area contributed by atoms with Gasteiger partial charge in [-0.05, 0) is 37.6 Å². The molecule has 0 radical (unpaired) electrons. The molecule has 0 bridgehead atoms. The summed E-state index contributed by atoms with van der Waals surface area (Å²) < 4.78 is 16.1. The zero-order valence-electron chi connectivity index (χ0n) is 17.8. The molecule has 2 aromatic carbocycles. The molecule has 1 N–H and O–H groups in total. The second-order valence-corrected chi connectivity index (χ2v) is 6.94. The molecule has 0 unspecified atom stereocenters. The summed E-state index contributed by atoms with van der Waals surface area (Å²) in [5, 5.41) is 6.97. The van der Waals surface area contributed by atoms with Crippen molar-refractivity contribution < 1.29 is 18.8 Å². The smallest absolute Gasteiger partial charge is 0.257 e. The number of benzene rings is 2. The lowest BCUT2D eigenvalue weighted by molar-refractivity contribution is 0.0953. The summed E-state index contributed by atoms with van der Waals surface area (Å²) in [7, 11) is 5.18. The van der Waals surface area contributed by atoms with Gasteiger partial charge in [-0.2, -0.15) is 0 Å². The van der Waals surface area contributed by atoms with Crippen molar-refractivity contribution in [3.05, 3.63) is 59.8 Å². The fourth-order valence-electron chi connectivity index (χ4n) is 3.19. The maximum absolute atomic E-state index is 12.9. The van der Waals surface area contributed by atoms with Crippen molar-refractivity contribution in [3.8, 4) is 22.8 Å². The third-order valence-electron chi connectivity index (χ3n) is 4.86. The Labute approximate surface area is 176 Å². The van der Waals surface area contributed by atoms with Crippen LogP contribution in [0.2, 0.25) is 0 Å². The highest BCUT2D eigenvalue weighted by Crippen LogP contribution is 2.32. The van der Waals surface area contributed by atoms with Crippen LogP contribution in [0.3, 0.4) is 0 Å². The van der Waals surface area contributed by atoms with Crippen LogP contribution in [0.25, 0.3) is 11.3 Å². The lowest BCUT2D eigenvalue weighted by atomic mass is 10.1. The largest absolute Gasteiger partial charge is 0.497 e. The molecule has 1 heterocycles. The number of aryl methyl sites for hydroxylation is 1. The second-order valence-electron chi connectivity index (χ2n) is 6.94. The van der Waals surface area contributed by atoms with Crippen molar-refractivity contribution in [1.29, 1.82) is 0 Å². The van der Waals surface area contributed by atoms with Crippen LogP contribution in [0.4, 0.5) is 5.69 Å². The minimum atomic E-state index is -0.215. The molecule has 1 amide bonds. The zero-order valence-corrected chi connectivity index (χ0v) is 17.8. The molecule has 0 fully saturated rings. The van der Waals surface area contributed by atoms with Gasteiger partial charge in [0.2, 0.25) is 0 Å². The molecule has 7 heteroatoms. The molecule has 7 nitrogen and oxygen atoms in total. The molecule has 0 spiro atoms. The fourth-order valence-corrected chi connectivity index (χ4v) is 3.19. The van der Waals surface area contributed by atoms with Gasteiger partial charge in [0.15, 0.2) is 5.76 Å². The first-order valence-corrected chi connectivity index (χ1v) is 9.77. The average Bonchev–Trinajstić information content (AvgIpc) is 3.18. The molecule has 0 saturated heterocycles. The SMILES string of the molecule is COc1cc(OC)cc(-c2onc(C)c2C(=O)NCCCN(C)c2ccccc2)c1. The molecular weight excluding hydrogens is 382 g/mol. The third-order valence-corrected chi connectivity index (χ3v) is 4.86. The Kier molecular flexibility index (Phi) is 6.95. The van der Waals surface area contributed by atoms with Crippen molar-refractivity contribution in [2.24, 2.45) is 0 Å². The summed E-state index contributed by atoms with van der Waals surface area (Å²) in [6.07, 6.45) is 0.809. The highest BCUT2D eigenvalue weighted by atomic mass is 16.5. The normalized spacial score (nSPS) is 10.5. The van der Waals surface area contributed by atoms with Crippen molar-refractivity contribution in [2.75, 3.05) is 39.3 Å². The summed E-state index contributed by atoms with van der Waals surface area (Å²) in [5.74, 6) is 1.39. The van der Waals surface area contributed by atoms with Crippen LogP contribution in [0.5, 0.6) is 11.5 Å². The molecule has 1 aromatic heterocycles. The molecule has 158 valence electrons. The second kappa shape index (κ2) is 9.82. The van der Waals surface area contributed by atoms with Crippen LogP contribution < -0.4 is 19.7 Å². The first-order chi connectivity index (χ1) is 14.5. The molecule has 30 heavy (non-hydrogen) atoms. The number of ether oxygens (including phenoxy) is 2. The Bertz CT molecular complexity index is 963. The number of para-hydroxylation sites is 1. The predicted molar refractivity (Wildman–Crippen MR) is 116 cm³/mol. The number of aromatic nitrogens is 1. The minimum Gasteiger partial charge on any atom is -0.497 e. The van der Waals surface area contributed by atoms with Crippen molar-refractivity contribution in [3.63, 3.8) is 0 Å². The van der Waals surface area contributed by atoms with E-state index >= 15 is 0 Å². The number of hydrogen-bond donors (Lipinski definition) is 1. The van der Waals surface area contributed by atoms with E-state index in [2.05, 4.69) is 27.5 Å². The highest BCUT2D eigenvalue weighted by molar-refractivity contribution is 6.00. The van der Waals surface area contributed by atoms with Crippen LogP contribution in [-0.2, 0) is 0 Å². The Morgan fingerprint density at radius 2 is 1.77 bits per heavy atom. The lowest BCUT2D eigenvalue weighted by Crippen LogP contribution is -2.28. The van der Waals surface area contributed by atoms with E-state index in [4.69, 9.17) is 14.0 Å². The van der Waals surface area contributed by atoms with Gasteiger partial charge in [-0.3, -0.25) is 4.79 Å². The minimum absolute atomic E-state index is 0.215. The van der Waals surface area contributed by atoms with Gasteiger partial charge >= 0.3 is 0 Å². The summed E-state index contributed by atoms with van der Waals surface area (Å²) in [6, 6.07) is 15.5. The van der Waals surface area contributed by atoms with Crippen LogP contribution in [0.1, 0.15) is 22.5 Å². The number of nitrogens with one attached hydrogen (secondary N) is 1. The number of carbonyl (C=O) groups is 1. The summed E-state index contributed by atoms with van der Waals surface area (Å²) in [6.45, 7) is 3.12. The van der Waals surface area contributed by atoms with Crippen LogP contribution in [-0.4, -0.2) is 45.4 Å². The Morgan fingerprint density at radius 1 is 1.10 bits per heavy atom. The monoisotopic (exact) mass is 409 g/mol. The topological polar surface area (TPSA) is 76.8 Å². The number of carbonyl (C=O) groups excluding carboxylic acids is 1. The lowest BCUT2D eigenvalue weighted by Gasteiger charge is -2.19. The molecule has 0 aliphatic carbocycles. The predicted octanol–water partition coefficient (Wildman–Crippen LogP) is 3.92. The molecular formula is C23H27N3O4. The van der Waals surface area contributed by atoms with E-state index in [1.807, 2.05) is 25.2 Å². The number of anilines is 1. The molecule has 3 rings (SSSR count). The van der Waals surface area contributed by atoms with Gasteiger partial charge in [0.05, 0.1) is 19.9 Å². The third kappa shape index (κ3) is 4.92. The number of hydrogen-bond acceptors (Lipinski definition) is 6. The number of amides is 1. The molecule has 3 aromatic rings. The van der Waals surface area contributed by atoms with Crippen molar-refractivity contribution >= 4 is 11.6 Å². The highest BCUT2D eigenvalue weighted by Gasteiger charge is 2.22. The van der Waals surface area contributed by atoms with E-state index in [0.29, 0.717) is 40.6 Å². The Morgan fingerprint density at radius 3 is 2.40 bits per heavy atom. The maximum Gasteiger partial charge on any atom is 0.257 e. The maximum atomic E-state index is 12.9.